The molecule has 2 aromatic carbocycles. The van der Waals surface area contributed by atoms with Crippen LogP contribution < -0.4 is 10.6 Å². The minimum Gasteiger partial charge on any atom is -0.306 e. The highest BCUT2D eigenvalue weighted by Crippen LogP contribution is 2.27. The van der Waals surface area contributed by atoms with Gasteiger partial charge in [0.05, 0.1) is 22.9 Å². The molecule has 2 N–H and O–H groups in total. The van der Waals surface area contributed by atoms with Crippen molar-refractivity contribution in [2.45, 2.75) is 32.4 Å². The van der Waals surface area contributed by atoms with Crippen LogP contribution in [0.25, 0.3) is 0 Å². The lowest BCUT2D eigenvalue weighted by molar-refractivity contribution is 0.101. The van der Waals surface area contributed by atoms with Gasteiger partial charge in [0.25, 0.3) is 0 Å². The van der Waals surface area contributed by atoms with E-state index < -0.39 is 0 Å². The summed E-state index contributed by atoms with van der Waals surface area (Å²) in [5.74, 6) is 0.741. The SMILES string of the molecule is CC(=O)c1cccc(CN2CCC(n3nccc3NC(=O)Nc3ccccc3Cl)CC2)c1. The Morgan fingerprint density at radius 2 is 1.84 bits per heavy atom. The second kappa shape index (κ2) is 9.97. The number of urea groups is 1. The summed E-state index contributed by atoms with van der Waals surface area (Å²) in [5, 5.41) is 10.6. The zero-order valence-electron chi connectivity index (χ0n) is 17.9. The molecule has 1 aromatic heterocycles. The average molecular weight is 452 g/mol. The van der Waals surface area contributed by atoms with Gasteiger partial charge in [-0.25, -0.2) is 9.48 Å². The van der Waals surface area contributed by atoms with Crippen LogP contribution in [0.15, 0.2) is 60.8 Å². The number of hydrogen-bond donors (Lipinski definition) is 2. The lowest BCUT2D eigenvalue weighted by Gasteiger charge is -2.32. The Morgan fingerprint density at radius 3 is 2.59 bits per heavy atom. The maximum Gasteiger partial charge on any atom is 0.324 e. The van der Waals surface area contributed by atoms with Crippen molar-refractivity contribution in [2.75, 3.05) is 23.7 Å². The van der Waals surface area contributed by atoms with E-state index >= 15 is 0 Å². The Morgan fingerprint density at radius 1 is 1.06 bits per heavy atom. The Kier molecular flexibility index (Phi) is 6.87. The highest BCUT2D eigenvalue weighted by molar-refractivity contribution is 6.33. The first kappa shape index (κ1) is 22.0. The van der Waals surface area contributed by atoms with Crippen molar-refractivity contribution in [3.05, 3.63) is 76.9 Å². The molecule has 1 aliphatic rings. The zero-order valence-corrected chi connectivity index (χ0v) is 18.7. The second-order valence-electron chi connectivity index (χ2n) is 7.98. The zero-order chi connectivity index (χ0) is 22.5. The molecule has 7 nitrogen and oxygen atoms in total. The van der Waals surface area contributed by atoms with Crippen LogP contribution in [-0.2, 0) is 6.54 Å². The first-order chi connectivity index (χ1) is 15.5. The molecular weight excluding hydrogens is 426 g/mol. The number of rotatable bonds is 6. The van der Waals surface area contributed by atoms with Crippen LogP contribution in [-0.4, -0.2) is 39.6 Å². The van der Waals surface area contributed by atoms with E-state index in [1.807, 2.05) is 35.0 Å². The fraction of sp³-hybridized carbons (Fsp3) is 0.292. The van der Waals surface area contributed by atoms with Gasteiger partial charge in [-0.05, 0) is 43.5 Å². The minimum absolute atomic E-state index is 0.0860. The molecule has 1 saturated heterocycles. The van der Waals surface area contributed by atoms with Gasteiger partial charge in [-0.2, -0.15) is 5.10 Å². The maximum absolute atomic E-state index is 12.4. The molecule has 3 aromatic rings. The first-order valence-electron chi connectivity index (χ1n) is 10.7. The quantitative estimate of drug-likeness (QED) is 0.503. The number of aromatic nitrogens is 2. The third kappa shape index (κ3) is 5.36. The third-order valence-electron chi connectivity index (χ3n) is 5.68. The summed E-state index contributed by atoms with van der Waals surface area (Å²) in [6, 6.07) is 16.6. The molecule has 0 spiro atoms. The van der Waals surface area contributed by atoms with Gasteiger partial charge in [0.1, 0.15) is 5.82 Å². The molecular formula is C24H26ClN5O2. The molecule has 0 saturated carbocycles. The van der Waals surface area contributed by atoms with Crippen LogP contribution in [0.1, 0.15) is 41.7 Å². The van der Waals surface area contributed by atoms with Gasteiger partial charge < -0.3 is 5.32 Å². The number of amides is 2. The number of ketones is 1. The molecule has 8 heteroatoms. The number of piperidine rings is 1. The molecule has 2 amide bonds. The lowest BCUT2D eigenvalue weighted by atomic mass is 10.0. The maximum atomic E-state index is 12.4. The molecule has 0 bridgehead atoms. The summed E-state index contributed by atoms with van der Waals surface area (Å²) >= 11 is 6.12. The number of likely N-dealkylation sites (tertiary alicyclic amines) is 1. The Labute approximate surface area is 192 Å². The van der Waals surface area contributed by atoms with Crippen molar-refractivity contribution in [3.63, 3.8) is 0 Å². The highest BCUT2D eigenvalue weighted by atomic mass is 35.5. The van der Waals surface area contributed by atoms with Crippen molar-refractivity contribution < 1.29 is 9.59 Å². The van der Waals surface area contributed by atoms with E-state index in [-0.39, 0.29) is 17.9 Å². The normalized spacial score (nSPS) is 14.8. The van der Waals surface area contributed by atoms with Gasteiger partial charge in [-0.3, -0.25) is 15.0 Å². The van der Waals surface area contributed by atoms with E-state index in [9.17, 15) is 9.59 Å². The molecule has 0 unspecified atom stereocenters. The van der Waals surface area contributed by atoms with Crippen LogP contribution in [0.2, 0.25) is 5.02 Å². The predicted molar refractivity (Wildman–Crippen MR) is 126 cm³/mol. The monoisotopic (exact) mass is 451 g/mol. The van der Waals surface area contributed by atoms with Gasteiger partial charge in [0.15, 0.2) is 5.78 Å². The van der Waals surface area contributed by atoms with E-state index in [1.54, 1.807) is 31.3 Å². The summed E-state index contributed by atoms with van der Waals surface area (Å²) in [6.07, 6.45) is 3.55. The molecule has 32 heavy (non-hydrogen) atoms. The number of Topliss-reactive ketones (excluding diaryl/α,β-unsaturated/α-hetero) is 1. The fourth-order valence-corrected chi connectivity index (χ4v) is 4.19. The average Bonchev–Trinajstić information content (AvgIpc) is 3.24. The largest absolute Gasteiger partial charge is 0.324 e. The molecule has 0 aliphatic carbocycles. The first-order valence-corrected chi connectivity index (χ1v) is 11.1. The van der Waals surface area contributed by atoms with Gasteiger partial charge >= 0.3 is 6.03 Å². The minimum atomic E-state index is -0.359. The smallest absolute Gasteiger partial charge is 0.306 e. The van der Waals surface area contributed by atoms with E-state index in [1.165, 1.54) is 0 Å². The number of halogens is 1. The van der Waals surface area contributed by atoms with Crippen molar-refractivity contribution in [1.29, 1.82) is 0 Å². The summed E-state index contributed by atoms with van der Waals surface area (Å²) in [4.78, 5) is 26.5. The predicted octanol–water partition coefficient (Wildman–Crippen LogP) is 5.22. The molecule has 0 atom stereocenters. The van der Waals surface area contributed by atoms with E-state index in [2.05, 4.69) is 26.7 Å². The fourth-order valence-electron chi connectivity index (χ4n) is 4.01. The van der Waals surface area contributed by atoms with Gasteiger partial charge in [0.2, 0.25) is 0 Å². The highest BCUT2D eigenvalue weighted by Gasteiger charge is 2.23. The van der Waals surface area contributed by atoms with Crippen LogP contribution in [0, 0.1) is 0 Å². The van der Waals surface area contributed by atoms with Crippen molar-refractivity contribution >= 4 is 34.9 Å². The Bertz CT molecular complexity index is 1110. The number of benzene rings is 2. The van der Waals surface area contributed by atoms with Gasteiger partial charge in [-0.15, -0.1) is 0 Å². The van der Waals surface area contributed by atoms with E-state index in [0.29, 0.717) is 16.5 Å². The number of carbonyl (C=O) groups is 2. The van der Waals surface area contributed by atoms with Crippen LogP contribution >= 0.6 is 11.6 Å². The van der Waals surface area contributed by atoms with Gasteiger partial charge in [-0.1, -0.05) is 41.9 Å². The summed E-state index contributed by atoms with van der Waals surface area (Å²) in [6.45, 7) is 4.24. The number of para-hydroxylation sites is 1. The number of nitrogens with one attached hydrogen (secondary N) is 2. The summed E-state index contributed by atoms with van der Waals surface area (Å²) < 4.78 is 1.89. The molecule has 0 radical (unpaired) electrons. The van der Waals surface area contributed by atoms with Crippen molar-refractivity contribution in [2.24, 2.45) is 0 Å². The topological polar surface area (TPSA) is 79.3 Å². The third-order valence-corrected chi connectivity index (χ3v) is 6.01. The Balaban J connectivity index is 1.33. The lowest BCUT2D eigenvalue weighted by Crippen LogP contribution is -2.35. The Hall–Kier alpha value is -3.16. The summed E-state index contributed by atoms with van der Waals surface area (Å²) in [7, 11) is 0. The number of nitrogens with zero attached hydrogens (tertiary/aromatic N) is 3. The second-order valence-corrected chi connectivity index (χ2v) is 8.39. The molecule has 166 valence electrons. The molecule has 4 rings (SSSR count). The molecule has 2 heterocycles. The molecule has 1 aliphatic heterocycles. The summed E-state index contributed by atoms with van der Waals surface area (Å²) in [5.41, 5.74) is 2.45. The number of hydrogen-bond acceptors (Lipinski definition) is 4. The van der Waals surface area contributed by atoms with Gasteiger partial charge in [0, 0.05) is 31.3 Å². The van der Waals surface area contributed by atoms with Crippen LogP contribution in [0.4, 0.5) is 16.3 Å². The number of anilines is 2. The van der Waals surface area contributed by atoms with Crippen molar-refractivity contribution in [1.82, 2.24) is 14.7 Å². The van der Waals surface area contributed by atoms with Crippen LogP contribution in [0.5, 0.6) is 0 Å². The number of carbonyl (C=O) groups excluding carboxylic acids is 2. The standard InChI is InChI=1S/C24H26ClN5O2/c1-17(31)19-6-4-5-18(15-19)16-29-13-10-20(11-14-29)30-23(9-12-26-30)28-24(32)27-22-8-3-2-7-21(22)25/h2-9,12,15,20H,10-11,13-14,16H2,1H3,(H2,27,28,32). The van der Waals surface area contributed by atoms with Crippen molar-refractivity contribution in [3.8, 4) is 0 Å². The van der Waals surface area contributed by atoms with E-state index in [0.717, 1.165) is 43.6 Å². The van der Waals surface area contributed by atoms with E-state index in [4.69, 9.17) is 11.6 Å². The molecule has 1 fully saturated rings. The van der Waals surface area contributed by atoms with Crippen LogP contribution in [0.3, 0.4) is 0 Å².